The molecule has 4 nitrogen and oxygen atoms in total. The molecule has 0 aliphatic heterocycles. The number of unbranched alkanes of at least 4 members (excludes halogenated alkanes) is 23. The lowest BCUT2D eigenvalue weighted by Gasteiger charge is -2.19. The second-order valence-electron chi connectivity index (χ2n) is 20.0. The van der Waals surface area contributed by atoms with Crippen molar-refractivity contribution in [3.63, 3.8) is 0 Å². The maximum Gasteiger partial charge on any atom is 0.220 e. The van der Waals surface area contributed by atoms with Crippen molar-refractivity contribution < 1.29 is 15.0 Å². The molecule has 2 unspecified atom stereocenters. The molecule has 0 saturated heterocycles. The summed E-state index contributed by atoms with van der Waals surface area (Å²) in [5, 5.41) is 23.2. The lowest BCUT2D eigenvalue weighted by molar-refractivity contribution is -0.123. The lowest BCUT2D eigenvalue weighted by Crippen LogP contribution is -2.45. The molecule has 418 valence electrons. The summed E-state index contributed by atoms with van der Waals surface area (Å²) in [6.45, 7) is 4.18. The highest BCUT2D eigenvalue weighted by atomic mass is 16.3. The fourth-order valence-corrected chi connectivity index (χ4v) is 8.38. The summed E-state index contributed by atoms with van der Waals surface area (Å²) in [4.78, 5) is 12.5. The maximum absolute atomic E-state index is 12.5. The van der Waals surface area contributed by atoms with Crippen molar-refractivity contribution in [2.24, 2.45) is 0 Å². The highest BCUT2D eigenvalue weighted by Gasteiger charge is 2.18. The molecule has 0 radical (unpaired) electrons. The van der Waals surface area contributed by atoms with E-state index in [4.69, 9.17) is 0 Å². The van der Waals surface area contributed by atoms with Crippen LogP contribution in [-0.2, 0) is 4.79 Å². The van der Waals surface area contributed by atoms with Crippen LogP contribution in [0.5, 0.6) is 0 Å². The molecule has 0 aliphatic carbocycles. The Morgan fingerprint density at radius 3 is 0.946 bits per heavy atom. The van der Waals surface area contributed by atoms with Crippen molar-refractivity contribution in [1.29, 1.82) is 0 Å². The Balaban J connectivity index is 3.69. The van der Waals surface area contributed by atoms with Gasteiger partial charge in [0.2, 0.25) is 5.91 Å². The van der Waals surface area contributed by atoms with Gasteiger partial charge in [0.25, 0.3) is 0 Å². The quantitative estimate of drug-likeness (QED) is 0.0420. The summed E-state index contributed by atoms with van der Waals surface area (Å²) in [6, 6.07) is -0.663. The molecule has 0 aromatic carbocycles. The first kappa shape index (κ1) is 70.0. The van der Waals surface area contributed by atoms with Crippen molar-refractivity contribution in [3.8, 4) is 0 Å². The zero-order chi connectivity index (χ0) is 53.4. The number of aliphatic hydroxyl groups is 2. The van der Waals surface area contributed by atoms with E-state index in [-0.39, 0.29) is 12.5 Å². The number of allylic oxidation sites excluding steroid dienone is 25. The van der Waals surface area contributed by atoms with Crippen LogP contribution >= 0.6 is 0 Å². The first-order chi connectivity index (χ1) is 36.7. The van der Waals surface area contributed by atoms with Crippen molar-refractivity contribution in [2.75, 3.05) is 6.61 Å². The highest BCUT2D eigenvalue weighted by Crippen LogP contribution is 2.15. The van der Waals surface area contributed by atoms with E-state index in [0.717, 1.165) is 116 Å². The number of hydrogen-bond acceptors (Lipinski definition) is 3. The SMILES string of the molecule is CC/C=C\C/C=C\C/C=C\C/C=C\C/C=C\C/C=C\C/C=C\C/C=C\C/C=C\C/C=C\C/C=C\CCCCCCCC(=O)NC(CO)C(O)/C=C/CC/C=C/CCCCCCCCCCCCCCCCCCC. The molecule has 0 aromatic heterocycles. The minimum Gasteiger partial charge on any atom is -0.394 e. The number of amides is 1. The maximum atomic E-state index is 12.5. The van der Waals surface area contributed by atoms with E-state index in [1.807, 2.05) is 6.08 Å². The third-order valence-corrected chi connectivity index (χ3v) is 13.0. The van der Waals surface area contributed by atoms with Gasteiger partial charge in [-0.15, -0.1) is 0 Å². The summed E-state index contributed by atoms with van der Waals surface area (Å²) in [5.74, 6) is -0.0977. The predicted octanol–water partition coefficient (Wildman–Crippen LogP) is 20.9. The monoisotopic (exact) mass is 1020 g/mol. The Hall–Kier alpha value is -3.99. The van der Waals surface area contributed by atoms with Gasteiger partial charge in [0.15, 0.2) is 0 Å². The van der Waals surface area contributed by atoms with E-state index in [0.29, 0.717) is 6.42 Å². The number of rotatable bonds is 54. The van der Waals surface area contributed by atoms with Gasteiger partial charge in [-0.3, -0.25) is 4.79 Å². The second-order valence-corrected chi connectivity index (χ2v) is 20.0. The van der Waals surface area contributed by atoms with Gasteiger partial charge in [0.1, 0.15) is 0 Å². The van der Waals surface area contributed by atoms with Crippen molar-refractivity contribution in [1.82, 2.24) is 5.32 Å². The molecular weight excluding hydrogens is 903 g/mol. The second kappa shape index (κ2) is 63.3. The molecule has 0 heterocycles. The van der Waals surface area contributed by atoms with Crippen LogP contribution in [0.3, 0.4) is 0 Å². The van der Waals surface area contributed by atoms with Gasteiger partial charge >= 0.3 is 0 Å². The first-order valence-corrected chi connectivity index (χ1v) is 30.7. The summed E-state index contributed by atoms with van der Waals surface area (Å²) >= 11 is 0. The van der Waals surface area contributed by atoms with E-state index in [1.54, 1.807) is 6.08 Å². The number of aliphatic hydroxyl groups excluding tert-OH is 2. The van der Waals surface area contributed by atoms with Crippen molar-refractivity contribution in [3.05, 3.63) is 158 Å². The van der Waals surface area contributed by atoms with E-state index in [9.17, 15) is 15.0 Å². The van der Waals surface area contributed by atoms with Crippen molar-refractivity contribution >= 4 is 5.91 Å². The Bertz CT molecular complexity index is 1580. The molecule has 2 atom stereocenters. The molecule has 0 aromatic rings. The van der Waals surface area contributed by atoms with Crippen LogP contribution in [0.1, 0.15) is 258 Å². The van der Waals surface area contributed by atoms with Gasteiger partial charge in [0.05, 0.1) is 18.8 Å². The van der Waals surface area contributed by atoms with Gasteiger partial charge in [0, 0.05) is 6.42 Å². The number of hydrogen-bond donors (Lipinski definition) is 3. The first-order valence-electron chi connectivity index (χ1n) is 30.7. The Labute approximate surface area is 458 Å². The molecule has 1 amide bonds. The van der Waals surface area contributed by atoms with Crippen LogP contribution in [0.2, 0.25) is 0 Å². The Morgan fingerprint density at radius 1 is 0.338 bits per heavy atom. The van der Waals surface area contributed by atoms with E-state index in [2.05, 4.69) is 165 Å². The van der Waals surface area contributed by atoms with Crippen LogP contribution in [0.25, 0.3) is 0 Å². The molecule has 0 bridgehead atoms. The average Bonchev–Trinajstić information content (AvgIpc) is 3.40. The van der Waals surface area contributed by atoms with E-state index >= 15 is 0 Å². The molecule has 0 fully saturated rings. The standard InChI is InChI=1S/C70H115NO3/c1-3-5-7-9-11-13-15-17-19-21-23-25-27-28-29-30-31-32-33-34-35-36-37-38-39-40-41-42-44-46-48-50-52-54-56-58-60-62-64-66-70(74)71-68(67-72)69(73)65-63-61-59-57-55-53-51-49-47-45-43-26-24-22-20-18-16-14-12-10-8-6-4-2/h5,7,11,13,17,19,23,25,28-29,31-32,34-35,37-38,40-41,44,46,50,52,55,57,63,65,68-69,72-73H,3-4,6,8-10,12,14-16,18,20-22,24,26-27,30,33,36,39,42-43,45,47-49,51,53-54,56,58-62,64,66-67H2,1-2H3,(H,71,74)/b7-5-,13-11-,19-17-,25-23-,29-28-,32-31-,35-34-,38-37-,41-40-,46-44-,52-50-,57-55+,65-63+. The fraction of sp³-hybridized carbons (Fsp3) is 0.614. The highest BCUT2D eigenvalue weighted by molar-refractivity contribution is 5.76. The predicted molar refractivity (Wildman–Crippen MR) is 331 cm³/mol. The molecule has 4 heteroatoms. The van der Waals surface area contributed by atoms with Crippen LogP contribution in [-0.4, -0.2) is 34.9 Å². The number of nitrogens with one attached hydrogen (secondary N) is 1. The van der Waals surface area contributed by atoms with E-state index < -0.39 is 12.1 Å². The molecule has 74 heavy (non-hydrogen) atoms. The van der Waals surface area contributed by atoms with Gasteiger partial charge in [-0.25, -0.2) is 0 Å². The third kappa shape index (κ3) is 58.9. The molecule has 0 saturated carbocycles. The molecule has 3 N–H and O–H groups in total. The molecule has 0 aliphatic rings. The number of carbonyl (C=O) groups is 1. The van der Waals surface area contributed by atoms with Crippen LogP contribution in [0, 0.1) is 0 Å². The average molecular weight is 1020 g/mol. The smallest absolute Gasteiger partial charge is 0.220 e. The number of carbonyl (C=O) groups excluding carboxylic acids is 1. The summed E-state index contributed by atoms with van der Waals surface area (Å²) in [5.41, 5.74) is 0. The van der Waals surface area contributed by atoms with Crippen LogP contribution < -0.4 is 5.32 Å². The normalized spacial score (nSPS) is 13.9. The van der Waals surface area contributed by atoms with Crippen LogP contribution in [0.4, 0.5) is 0 Å². The van der Waals surface area contributed by atoms with Gasteiger partial charge in [-0.1, -0.05) is 294 Å². The van der Waals surface area contributed by atoms with Crippen molar-refractivity contribution in [2.45, 2.75) is 270 Å². The summed E-state index contributed by atoms with van der Waals surface area (Å²) < 4.78 is 0. The largest absolute Gasteiger partial charge is 0.394 e. The minimum atomic E-state index is -0.883. The van der Waals surface area contributed by atoms with Gasteiger partial charge < -0.3 is 15.5 Å². The fourth-order valence-electron chi connectivity index (χ4n) is 8.38. The lowest BCUT2D eigenvalue weighted by atomic mass is 10.0. The summed E-state index contributed by atoms with van der Waals surface area (Å²) in [7, 11) is 0. The molecule has 0 spiro atoms. The third-order valence-electron chi connectivity index (χ3n) is 13.0. The molecular formula is C70H115NO3. The summed E-state index contributed by atoms with van der Waals surface area (Å²) in [6.07, 6.45) is 101. The van der Waals surface area contributed by atoms with Gasteiger partial charge in [-0.05, 0) is 116 Å². The van der Waals surface area contributed by atoms with Crippen LogP contribution in [0.15, 0.2) is 158 Å². The van der Waals surface area contributed by atoms with Gasteiger partial charge in [-0.2, -0.15) is 0 Å². The zero-order valence-electron chi connectivity index (χ0n) is 48.0. The topological polar surface area (TPSA) is 69.6 Å². The Kier molecular flexibility index (Phi) is 59.9. The van der Waals surface area contributed by atoms with E-state index in [1.165, 1.54) is 122 Å². The molecule has 0 rings (SSSR count). The Morgan fingerprint density at radius 2 is 0.608 bits per heavy atom. The zero-order valence-corrected chi connectivity index (χ0v) is 48.0. The minimum absolute atomic E-state index is 0.0977.